The lowest BCUT2D eigenvalue weighted by atomic mass is 10.1. The molecule has 3 rings (SSSR count). The fourth-order valence-electron chi connectivity index (χ4n) is 2.07. The van der Waals surface area contributed by atoms with Gasteiger partial charge in [0.15, 0.2) is 17.6 Å². The van der Waals surface area contributed by atoms with Crippen LogP contribution in [0.4, 0.5) is 5.82 Å². The van der Waals surface area contributed by atoms with Crippen LogP contribution in [0.5, 0.6) is 11.5 Å². The Hall–Kier alpha value is -2.27. The molecule has 0 radical (unpaired) electrons. The van der Waals surface area contributed by atoms with Crippen LogP contribution in [-0.2, 0) is 0 Å². The Kier molecular flexibility index (Phi) is 2.97. The van der Waals surface area contributed by atoms with E-state index in [9.17, 15) is 5.11 Å². The summed E-state index contributed by atoms with van der Waals surface area (Å²) in [6.07, 6.45) is 0.211. The molecule has 98 valence electrons. The topological polar surface area (TPSA) is 77.6 Å². The van der Waals surface area contributed by atoms with Crippen molar-refractivity contribution in [3.8, 4) is 11.5 Å². The highest BCUT2D eigenvalue weighted by Crippen LogP contribution is 2.34. The standard InChI is InChI=1S/C14H14N2O3/c15-14-9(4-3-7-16-14)13(17)12-8-18-10-5-1-2-6-11(10)19-12/h1-7,12-13,17H,8H2,(H2,15,16). The predicted octanol–water partition coefficient (Wildman–Crippen LogP) is 1.54. The van der Waals surface area contributed by atoms with Gasteiger partial charge in [0.25, 0.3) is 0 Å². The van der Waals surface area contributed by atoms with E-state index in [0.717, 1.165) is 0 Å². The van der Waals surface area contributed by atoms with Crippen molar-refractivity contribution in [2.24, 2.45) is 0 Å². The summed E-state index contributed by atoms with van der Waals surface area (Å²) in [6, 6.07) is 10.8. The summed E-state index contributed by atoms with van der Waals surface area (Å²) in [5.41, 5.74) is 6.31. The van der Waals surface area contributed by atoms with Crippen molar-refractivity contribution in [2.45, 2.75) is 12.2 Å². The Morgan fingerprint density at radius 2 is 2.00 bits per heavy atom. The summed E-state index contributed by atoms with van der Waals surface area (Å²) in [5.74, 6) is 1.61. The highest BCUT2D eigenvalue weighted by atomic mass is 16.6. The number of benzene rings is 1. The van der Waals surface area contributed by atoms with Gasteiger partial charge >= 0.3 is 0 Å². The second kappa shape index (κ2) is 4.78. The highest BCUT2D eigenvalue weighted by Gasteiger charge is 2.29. The first-order chi connectivity index (χ1) is 9.25. The largest absolute Gasteiger partial charge is 0.486 e. The number of rotatable bonds is 2. The first-order valence-corrected chi connectivity index (χ1v) is 6.02. The highest BCUT2D eigenvalue weighted by molar-refractivity contribution is 5.43. The van der Waals surface area contributed by atoms with Crippen LogP contribution in [0.25, 0.3) is 0 Å². The van der Waals surface area contributed by atoms with Crippen molar-refractivity contribution < 1.29 is 14.6 Å². The maximum Gasteiger partial charge on any atom is 0.163 e. The van der Waals surface area contributed by atoms with E-state index in [2.05, 4.69) is 4.98 Å². The maximum atomic E-state index is 10.3. The van der Waals surface area contributed by atoms with E-state index in [1.165, 1.54) is 0 Å². The Morgan fingerprint density at radius 3 is 2.79 bits per heavy atom. The van der Waals surface area contributed by atoms with Crippen LogP contribution >= 0.6 is 0 Å². The summed E-state index contributed by atoms with van der Waals surface area (Å²) in [5, 5.41) is 10.3. The van der Waals surface area contributed by atoms with Gasteiger partial charge in [0.2, 0.25) is 0 Å². The fraction of sp³-hybridized carbons (Fsp3) is 0.214. The number of nitrogen functional groups attached to an aromatic ring is 1. The Balaban J connectivity index is 1.83. The minimum absolute atomic E-state index is 0.270. The van der Waals surface area contributed by atoms with Gasteiger partial charge in [-0.15, -0.1) is 0 Å². The van der Waals surface area contributed by atoms with Gasteiger partial charge in [0, 0.05) is 11.8 Å². The Bertz CT molecular complexity index is 588. The van der Waals surface area contributed by atoms with Gasteiger partial charge in [0.1, 0.15) is 18.5 Å². The molecule has 0 saturated heterocycles. The molecule has 2 heterocycles. The van der Waals surface area contributed by atoms with E-state index >= 15 is 0 Å². The van der Waals surface area contributed by atoms with Crippen LogP contribution in [0.15, 0.2) is 42.6 Å². The molecular weight excluding hydrogens is 244 g/mol. The van der Waals surface area contributed by atoms with E-state index < -0.39 is 12.2 Å². The quantitative estimate of drug-likeness (QED) is 0.854. The first-order valence-electron chi connectivity index (χ1n) is 6.02. The number of nitrogens with two attached hydrogens (primary N) is 1. The van der Waals surface area contributed by atoms with E-state index in [1.807, 2.05) is 18.2 Å². The molecule has 0 spiro atoms. The molecule has 2 atom stereocenters. The molecule has 2 unspecified atom stereocenters. The van der Waals surface area contributed by atoms with Crippen molar-refractivity contribution in [1.82, 2.24) is 4.98 Å². The van der Waals surface area contributed by atoms with Crippen LogP contribution < -0.4 is 15.2 Å². The molecule has 1 aliphatic rings. The van der Waals surface area contributed by atoms with E-state index in [4.69, 9.17) is 15.2 Å². The van der Waals surface area contributed by atoms with Crippen LogP contribution in [0.2, 0.25) is 0 Å². The molecule has 5 nitrogen and oxygen atoms in total. The number of aromatic nitrogens is 1. The van der Waals surface area contributed by atoms with Gasteiger partial charge in [-0.3, -0.25) is 0 Å². The van der Waals surface area contributed by atoms with Gasteiger partial charge in [-0.25, -0.2) is 4.98 Å². The van der Waals surface area contributed by atoms with Crippen molar-refractivity contribution >= 4 is 5.82 Å². The normalized spacial score (nSPS) is 18.9. The summed E-state index contributed by atoms with van der Waals surface area (Å²) < 4.78 is 11.3. The molecule has 0 aliphatic carbocycles. The van der Waals surface area contributed by atoms with Crippen LogP contribution in [0.1, 0.15) is 11.7 Å². The molecule has 1 aromatic carbocycles. The maximum absolute atomic E-state index is 10.3. The molecular formula is C14H14N2O3. The molecule has 0 fully saturated rings. The average Bonchev–Trinajstić information content (AvgIpc) is 2.46. The molecule has 3 N–H and O–H groups in total. The Morgan fingerprint density at radius 1 is 1.21 bits per heavy atom. The van der Waals surface area contributed by atoms with Gasteiger partial charge in [-0.2, -0.15) is 0 Å². The number of anilines is 1. The second-order valence-corrected chi connectivity index (χ2v) is 4.34. The lowest BCUT2D eigenvalue weighted by molar-refractivity contribution is -0.0110. The molecule has 5 heteroatoms. The minimum atomic E-state index is -0.873. The van der Waals surface area contributed by atoms with Crippen molar-refractivity contribution in [1.29, 1.82) is 0 Å². The number of hydrogen-bond donors (Lipinski definition) is 2. The van der Waals surface area contributed by atoms with Crippen LogP contribution in [-0.4, -0.2) is 22.8 Å². The monoisotopic (exact) mass is 258 g/mol. The van der Waals surface area contributed by atoms with Gasteiger partial charge in [0.05, 0.1) is 0 Å². The molecule has 0 saturated carbocycles. The summed E-state index contributed by atoms with van der Waals surface area (Å²) >= 11 is 0. The zero-order valence-electron chi connectivity index (χ0n) is 10.2. The van der Waals surface area contributed by atoms with Crippen molar-refractivity contribution in [2.75, 3.05) is 12.3 Å². The van der Waals surface area contributed by atoms with E-state index in [1.54, 1.807) is 24.4 Å². The summed E-state index contributed by atoms with van der Waals surface area (Å²) in [4.78, 5) is 3.96. The third-order valence-electron chi connectivity index (χ3n) is 3.07. The number of fused-ring (bicyclic) bond motifs is 1. The Labute approximate surface area is 110 Å². The average molecular weight is 258 g/mol. The predicted molar refractivity (Wildman–Crippen MR) is 70.0 cm³/mol. The molecule has 19 heavy (non-hydrogen) atoms. The number of hydrogen-bond acceptors (Lipinski definition) is 5. The number of ether oxygens (including phenoxy) is 2. The zero-order valence-corrected chi connectivity index (χ0v) is 10.2. The zero-order chi connectivity index (χ0) is 13.2. The third kappa shape index (κ3) is 2.20. The first kappa shape index (κ1) is 11.8. The fourth-order valence-corrected chi connectivity index (χ4v) is 2.07. The van der Waals surface area contributed by atoms with Crippen molar-refractivity contribution in [3.05, 3.63) is 48.2 Å². The molecule has 1 aliphatic heterocycles. The van der Waals surface area contributed by atoms with E-state index in [0.29, 0.717) is 22.9 Å². The molecule has 0 amide bonds. The summed E-state index contributed by atoms with van der Waals surface area (Å²) in [6.45, 7) is 0.270. The van der Waals surface area contributed by atoms with Gasteiger partial charge in [-0.05, 0) is 18.2 Å². The number of pyridine rings is 1. The van der Waals surface area contributed by atoms with Gasteiger partial charge in [-0.1, -0.05) is 18.2 Å². The minimum Gasteiger partial charge on any atom is -0.486 e. The number of aliphatic hydroxyl groups excluding tert-OH is 1. The number of para-hydroxylation sites is 2. The van der Waals surface area contributed by atoms with Crippen LogP contribution in [0.3, 0.4) is 0 Å². The molecule has 2 aromatic rings. The lowest BCUT2D eigenvalue weighted by Gasteiger charge is -2.30. The molecule has 1 aromatic heterocycles. The van der Waals surface area contributed by atoms with E-state index in [-0.39, 0.29) is 6.61 Å². The van der Waals surface area contributed by atoms with Gasteiger partial charge < -0.3 is 20.3 Å². The van der Waals surface area contributed by atoms with Crippen LogP contribution in [0, 0.1) is 0 Å². The second-order valence-electron chi connectivity index (χ2n) is 4.34. The number of aliphatic hydroxyl groups is 1. The smallest absolute Gasteiger partial charge is 0.163 e. The van der Waals surface area contributed by atoms with Crippen molar-refractivity contribution in [3.63, 3.8) is 0 Å². The number of nitrogens with zero attached hydrogens (tertiary/aromatic N) is 1. The molecule has 0 bridgehead atoms. The lowest BCUT2D eigenvalue weighted by Crippen LogP contribution is -2.35. The SMILES string of the molecule is Nc1ncccc1C(O)C1COc2ccccc2O1. The summed E-state index contributed by atoms with van der Waals surface area (Å²) in [7, 11) is 0. The third-order valence-corrected chi connectivity index (χ3v) is 3.07.